The van der Waals surface area contributed by atoms with Crippen LogP contribution in [0.15, 0.2) is 23.6 Å². The average molecular weight is 163 g/mol. The summed E-state index contributed by atoms with van der Waals surface area (Å²) in [7, 11) is 1.66. The molecule has 0 spiro atoms. The largest absolute Gasteiger partial charge is 0.496 e. The average Bonchev–Trinajstić information content (AvgIpc) is 2.50. The van der Waals surface area contributed by atoms with E-state index in [1.807, 2.05) is 12.1 Å². The van der Waals surface area contributed by atoms with Gasteiger partial charge in [-0.15, -0.1) is 11.3 Å². The summed E-state index contributed by atoms with van der Waals surface area (Å²) in [6.45, 7) is 0. The van der Waals surface area contributed by atoms with Crippen LogP contribution in [0.25, 0.3) is 10.1 Å². The molecule has 0 saturated heterocycles. The molecule has 11 heavy (non-hydrogen) atoms. The molecule has 0 aliphatic heterocycles. The lowest BCUT2D eigenvalue weighted by molar-refractivity contribution is 0.414. The Balaban J connectivity index is 2.67. The SMILES string of the molecule is COc1[c]cc2ccsc2c1. The first-order chi connectivity index (χ1) is 5.40. The molecule has 0 aliphatic carbocycles. The van der Waals surface area contributed by atoms with Crippen LogP contribution >= 0.6 is 11.3 Å². The Labute approximate surface area is 69.2 Å². The first-order valence-corrected chi connectivity index (χ1v) is 4.21. The predicted octanol–water partition coefficient (Wildman–Crippen LogP) is 2.71. The Hall–Kier alpha value is -1.02. The summed E-state index contributed by atoms with van der Waals surface area (Å²) in [6, 6.07) is 9.06. The van der Waals surface area contributed by atoms with E-state index in [4.69, 9.17) is 4.74 Å². The molecule has 0 atom stereocenters. The molecule has 2 heteroatoms. The van der Waals surface area contributed by atoms with Crippen LogP contribution in [0.4, 0.5) is 0 Å². The van der Waals surface area contributed by atoms with Gasteiger partial charge in [-0.2, -0.15) is 0 Å². The van der Waals surface area contributed by atoms with Crippen molar-refractivity contribution < 1.29 is 4.74 Å². The zero-order valence-corrected chi connectivity index (χ0v) is 6.94. The highest BCUT2D eigenvalue weighted by atomic mass is 32.1. The summed E-state index contributed by atoms with van der Waals surface area (Å²) in [5, 5.41) is 3.30. The monoisotopic (exact) mass is 163 g/mol. The number of methoxy groups -OCH3 is 1. The molecule has 1 radical (unpaired) electrons. The van der Waals surface area contributed by atoms with Crippen molar-refractivity contribution in [2.45, 2.75) is 0 Å². The molecule has 2 aromatic rings. The van der Waals surface area contributed by atoms with Crippen LogP contribution in [0.1, 0.15) is 0 Å². The van der Waals surface area contributed by atoms with Crippen molar-refractivity contribution in [2.75, 3.05) is 7.11 Å². The fraction of sp³-hybridized carbons (Fsp3) is 0.111. The van der Waals surface area contributed by atoms with Gasteiger partial charge in [0.05, 0.1) is 7.11 Å². The van der Waals surface area contributed by atoms with Crippen molar-refractivity contribution in [3.8, 4) is 5.75 Å². The first-order valence-electron chi connectivity index (χ1n) is 3.33. The molecular formula is C9H7OS. The van der Waals surface area contributed by atoms with E-state index >= 15 is 0 Å². The van der Waals surface area contributed by atoms with E-state index in [2.05, 4.69) is 17.5 Å². The molecule has 1 heterocycles. The lowest BCUT2D eigenvalue weighted by Crippen LogP contribution is -1.80. The van der Waals surface area contributed by atoms with Crippen molar-refractivity contribution >= 4 is 21.4 Å². The topological polar surface area (TPSA) is 9.23 Å². The number of rotatable bonds is 1. The molecule has 55 valence electrons. The van der Waals surface area contributed by atoms with Gasteiger partial charge in [0.15, 0.2) is 0 Å². The molecule has 0 saturated carbocycles. The van der Waals surface area contributed by atoms with Gasteiger partial charge in [-0.1, -0.05) is 0 Å². The van der Waals surface area contributed by atoms with Crippen molar-refractivity contribution in [3.63, 3.8) is 0 Å². The third-order valence-electron chi connectivity index (χ3n) is 1.58. The first kappa shape index (κ1) is 6.68. The van der Waals surface area contributed by atoms with Crippen LogP contribution in [-0.4, -0.2) is 7.11 Å². The summed E-state index contributed by atoms with van der Waals surface area (Å²) in [4.78, 5) is 0. The van der Waals surface area contributed by atoms with Crippen LogP contribution in [0, 0.1) is 6.07 Å². The van der Waals surface area contributed by atoms with Gasteiger partial charge in [-0.05, 0) is 29.0 Å². The van der Waals surface area contributed by atoms with Crippen molar-refractivity contribution in [1.82, 2.24) is 0 Å². The minimum Gasteiger partial charge on any atom is -0.496 e. The van der Waals surface area contributed by atoms with Gasteiger partial charge in [0.2, 0.25) is 0 Å². The van der Waals surface area contributed by atoms with Gasteiger partial charge in [-0.3, -0.25) is 0 Å². The zero-order valence-electron chi connectivity index (χ0n) is 6.13. The molecule has 1 aromatic carbocycles. The Kier molecular flexibility index (Phi) is 1.55. The van der Waals surface area contributed by atoms with Crippen LogP contribution in [0.3, 0.4) is 0 Å². The molecule has 0 aliphatic rings. The highest BCUT2D eigenvalue weighted by Gasteiger charge is 1.95. The van der Waals surface area contributed by atoms with E-state index in [0.29, 0.717) is 0 Å². The van der Waals surface area contributed by atoms with E-state index < -0.39 is 0 Å². The summed E-state index contributed by atoms with van der Waals surface area (Å²) in [6.07, 6.45) is 0. The van der Waals surface area contributed by atoms with E-state index in [1.165, 1.54) is 10.1 Å². The van der Waals surface area contributed by atoms with E-state index in [0.717, 1.165) is 5.75 Å². The summed E-state index contributed by atoms with van der Waals surface area (Å²) in [5.74, 6) is 0.806. The van der Waals surface area contributed by atoms with E-state index in [1.54, 1.807) is 18.4 Å². The second kappa shape index (κ2) is 2.55. The molecule has 2 rings (SSSR count). The number of benzene rings is 1. The van der Waals surface area contributed by atoms with Gasteiger partial charge >= 0.3 is 0 Å². The highest BCUT2D eigenvalue weighted by molar-refractivity contribution is 7.17. The number of fused-ring (bicyclic) bond motifs is 1. The number of hydrogen-bond acceptors (Lipinski definition) is 2. The van der Waals surface area contributed by atoms with Gasteiger partial charge in [0.25, 0.3) is 0 Å². The fourth-order valence-corrected chi connectivity index (χ4v) is 1.79. The molecular weight excluding hydrogens is 156 g/mol. The fourth-order valence-electron chi connectivity index (χ4n) is 0.995. The standard InChI is InChI=1S/C9H7OS/c1-10-8-3-2-7-4-5-11-9(7)6-8/h2,4-6H,1H3. The Bertz CT molecular complexity index is 364. The molecule has 1 nitrogen and oxygen atoms in total. The van der Waals surface area contributed by atoms with E-state index in [-0.39, 0.29) is 0 Å². The van der Waals surface area contributed by atoms with Crippen LogP contribution < -0.4 is 4.74 Å². The second-order valence-electron chi connectivity index (χ2n) is 2.24. The molecule has 0 amide bonds. The summed E-state index contributed by atoms with van der Waals surface area (Å²) in [5.41, 5.74) is 0. The number of hydrogen-bond donors (Lipinski definition) is 0. The Morgan fingerprint density at radius 2 is 2.45 bits per heavy atom. The van der Waals surface area contributed by atoms with Gasteiger partial charge in [-0.25, -0.2) is 0 Å². The summed E-state index contributed by atoms with van der Waals surface area (Å²) < 4.78 is 6.29. The third kappa shape index (κ3) is 1.10. The number of ether oxygens (including phenoxy) is 1. The smallest absolute Gasteiger partial charge is 0.128 e. The normalized spacial score (nSPS) is 10.3. The Morgan fingerprint density at radius 3 is 3.27 bits per heavy atom. The van der Waals surface area contributed by atoms with Gasteiger partial charge < -0.3 is 4.74 Å². The Morgan fingerprint density at radius 1 is 1.55 bits per heavy atom. The minimum absolute atomic E-state index is 0.806. The lowest BCUT2D eigenvalue weighted by atomic mass is 10.2. The van der Waals surface area contributed by atoms with Crippen molar-refractivity contribution in [2.24, 2.45) is 0 Å². The second-order valence-corrected chi connectivity index (χ2v) is 3.19. The molecule has 0 bridgehead atoms. The van der Waals surface area contributed by atoms with E-state index in [9.17, 15) is 0 Å². The molecule has 0 N–H and O–H groups in total. The van der Waals surface area contributed by atoms with Crippen LogP contribution in [0.2, 0.25) is 0 Å². The summed E-state index contributed by atoms with van der Waals surface area (Å²) >= 11 is 1.72. The van der Waals surface area contributed by atoms with Crippen LogP contribution in [0.5, 0.6) is 5.75 Å². The molecule has 0 unspecified atom stereocenters. The molecule has 0 fully saturated rings. The maximum absolute atomic E-state index is 5.04. The quantitative estimate of drug-likeness (QED) is 0.628. The van der Waals surface area contributed by atoms with Gasteiger partial charge in [0.1, 0.15) is 5.75 Å². The van der Waals surface area contributed by atoms with Crippen LogP contribution in [-0.2, 0) is 0 Å². The third-order valence-corrected chi connectivity index (χ3v) is 2.46. The molecule has 1 aromatic heterocycles. The maximum Gasteiger partial charge on any atom is 0.128 e. The van der Waals surface area contributed by atoms with Crippen molar-refractivity contribution in [3.05, 3.63) is 29.6 Å². The highest BCUT2D eigenvalue weighted by Crippen LogP contribution is 2.24. The predicted molar refractivity (Wildman–Crippen MR) is 47.2 cm³/mol. The maximum atomic E-state index is 5.04. The van der Waals surface area contributed by atoms with Gasteiger partial charge in [0, 0.05) is 10.8 Å². The van der Waals surface area contributed by atoms with Crippen molar-refractivity contribution in [1.29, 1.82) is 0 Å². The lowest BCUT2D eigenvalue weighted by Gasteiger charge is -1.96. The minimum atomic E-state index is 0.806. The number of thiophene rings is 1. The zero-order chi connectivity index (χ0) is 7.68.